The maximum Gasteiger partial charge on any atom is 0.416 e. The Kier molecular flexibility index (Phi) is 7.50. The van der Waals surface area contributed by atoms with E-state index in [0.29, 0.717) is 18.5 Å². The summed E-state index contributed by atoms with van der Waals surface area (Å²) in [7, 11) is 0. The van der Waals surface area contributed by atoms with Crippen LogP contribution in [-0.2, 0) is 25.8 Å². The highest BCUT2D eigenvalue weighted by Crippen LogP contribution is 2.29. The summed E-state index contributed by atoms with van der Waals surface area (Å²) in [5.74, 6) is 0.470. The van der Waals surface area contributed by atoms with Crippen molar-refractivity contribution in [3.63, 3.8) is 0 Å². The van der Waals surface area contributed by atoms with Gasteiger partial charge in [0.05, 0.1) is 5.56 Å². The van der Waals surface area contributed by atoms with E-state index in [0.717, 1.165) is 47.1 Å². The van der Waals surface area contributed by atoms with E-state index in [1.807, 2.05) is 30.5 Å². The van der Waals surface area contributed by atoms with Crippen LogP contribution in [0.25, 0.3) is 0 Å². The summed E-state index contributed by atoms with van der Waals surface area (Å²) in [6.07, 6.45) is -2.34. The molecule has 2 nitrogen and oxygen atoms in total. The van der Waals surface area contributed by atoms with Crippen molar-refractivity contribution in [2.24, 2.45) is 5.92 Å². The maximum atomic E-state index is 12.8. The first kappa shape index (κ1) is 23.4. The topological polar surface area (TPSA) is 8.17 Å². The van der Waals surface area contributed by atoms with Crippen molar-refractivity contribution in [2.45, 2.75) is 52.6 Å². The number of alkyl halides is 3. The molecule has 0 aliphatic heterocycles. The van der Waals surface area contributed by atoms with Crippen molar-refractivity contribution in [2.75, 3.05) is 0 Å². The number of rotatable bonds is 8. The minimum Gasteiger partial charge on any atom is -0.346 e. The van der Waals surface area contributed by atoms with Crippen LogP contribution in [0.15, 0.2) is 66.9 Å². The summed E-state index contributed by atoms with van der Waals surface area (Å²) in [6.45, 7) is 8.67. The summed E-state index contributed by atoms with van der Waals surface area (Å²) < 4.78 is 40.6. The summed E-state index contributed by atoms with van der Waals surface area (Å²) in [5, 5.41) is 0.723. The van der Waals surface area contributed by atoms with E-state index >= 15 is 0 Å². The van der Waals surface area contributed by atoms with Gasteiger partial charge in [-0.2, -0.15) is 13.2 Å². The summed E-state index contributed by atoms with van der Waals surface area (Å²) in [4.78, 5) is 2.41. The number of hydrogen-bond acceptors (Lipinski definition) is 1. The van der Waals surface area contributed by atoms with Gasteiger partial charge in [-0.1, -0.05) is 49.7 Å². The van der Waals surface area contributed by atoms with Gasteiger partial charge in [0.2, 0.25) is 0 Å². The van der Waals surface area contributed by atoms with Gasteiger partial charge in [-0.3, -0.25) is 4.90 Å². The van der Waals surface area contributed by atoms with Crippen LogP contribution in [0.5, 0.6) is 0 Å². The Bertz CT molecular complexity index is 977. The van der Waals surface area contributed by atoms with Gasteiger partial charge in [-0.25, -0.2) is 0 Å². The Labute approximate surface area is 187 Å². The second-order valence-corrected chi connectivity index (χ2v) is 8.78. The molecule has 0 saturated carbocycles. The van der Waals surface area contributed by atoms with Crippen LogP contribution < -0.4 is 0 Å². The second-order valence-electron chi connectivity index (χ2n) is 8.34. The van der Waals surface area contributed by atoms with Gasteiger partial charge < -0.3 is 4.57 Å². The molecule has 0 fully saturated rings. The normalized spacial score (nSPS) is 13.2. The number of benzene rings is 2. The van der Waals surface area contributed by atoms with Gasteiger partial charge in [0.1, 0.15) is 0 Å². The Morgan fingerprint density at radius 2 is 1.61 bits per heavy atom. The first-order valence-electron chi connectivity index (χ1n) is 10.4. The first-order chi connectivity index (χ1) is 14.6. The van der Waals surface area contributed by atoms with E-state index in [4.69, 9.17) is 11.6 Å². The molecule has 166 valence electrons. The largest absolute Gasteiger partial charge is 0.416 e. The molecular formula is C25H28ClF3N2. The number of aromatic nitrogens is 1. The molecule has 1 atom stereocenters. The Balaban J connectivity index is 1.77. The third-order valence-electron chi connectivity index (χ3n) is 5.74. The van der Waals surface area contributed by atoms with E-state index in [-0.39, 0.29) is 0 Å². The molecule has 0 saturated heterocycles. The number of halogens is 4. The number of nitrogens with zero attached hydrogens (tertiary/aromatic N) is 2. The lowest BCUT2D eigenvalue weighted by Crippen LogP contribution is -2.36. The molecule has 1 aromatic heterocycles. The zero-order chi connectivity index (χ0) is 22.6. The zero-order valence-electron chi connectivity index (χ0n) is 18.0. The highest BCUT2D eigenvalue weighted by molar-refractivity contribution is 6.30. The Hall–Kier alpha value is -2.24. The molecule has 0 aliphatic carbocycles. The fraction of sp³-hybridized carbons (Fsp3) is 0.360. The van der Waals surface area contributed by atoms with E-state index < -0.39 is 11.7 Å². The lowest BCUT2D eigenvalue weighted by atomic mass is 10.0. The predicted molar refractivity (Wildman–Crippen MR) is 120 cm³/mol. The molecule has 0 unspecified atom stereocenters. The van der Waals surface area contributed by atoms with Crippen LogP contribution in [0.4, 0.5) is 13.2 Å². The average molecular weight is 449 g/mol. The fourth-order valence-electron chi connectivity index (χ4n) is 3.59. The van der Waals surface area contributed by atoms with Crippen molar-refractivity contribution < 1.29 is 13.2 Å². The van der Waals surface area contributed by atoms with Crippen molar-refractivity contribution in [3.05, 3.63) is 94.3 Å². The minimum absolute atomic E-state index is 0.341. The van der Waals surface area contributed by atoms with Crippen molar-refractivity contribution >= 4 is 11.6 Å². The van der Waals surface area contributed by atoms with E-state index in [9.17, 15) is 13.2 Å². The van der Waals surface area contributed by atoms with Crippen LogP contribution >= 0.6 is 11.6 Å². The average Bonchev–Trinajstić information content (AvgIpc) is 3.13. The number of hydrogen-bond donors (Lipinski definition) is 0. The van der Waals surface area contributed by atoms with E-state index in [1.54, 1.807) is 12.1 Å². The molecule has 0 bridgehead atoms. The van der Waals surface area contributed by atoms with E-state index in [2.05, 4.69) is 42.4 Å². The standard InChI is InChI=1S/C25H28ClF3N2/c1-18(2)19(3)31(16-21-6-4-7-23(26)14-21)17-24-8-5-13-30(24)15-20-9-11-22(12-10-20)25(27,28)29/h4-14,18-19H,15-17H2,1-3H3/t19-/m1/s1. The Morgan fingerprint density at radius 3 is 2.23 bits per heavy atom. The predicted octanol–water partition coefficient (Wildman–Crippen LogP) is 7.26. The lowest BCUT2D eigenvalue weighted by Gasteiger charge is -2.32. The molecule has 0 aliphatic rings. The highest BCUT2D eigenvalue weighted by Gasteiger charge is 2.30. The van der Waals surface area contributed by atoms with Crippen LogP contribution in [0.1, 0.15) is 43.2 Å². The van der Waals surface area contributed by atoms with Crippen LogP contribution in [0.3, 0.4) is 0 Å². The van der Waals surface area contributed by atoms with Crippen LogP contribution in [0.2, 0.25) is 5.02 Å². The third kappa shape index (κ3) is 6.37. The fourth-order valence-corrected chi connectivity index (χ4v) is 3.80. The summed E-state index contributed by atoms with van der Waals surface area (Å²) in [6, 6.07) is 17.7. The van der Waals surface area contributed by atoms with Gasteiger partial charge in [0.15, 0.2) is 0 Å². The summed E-state index contributed by atoms with van der Waals surface area (Å²) in [5.41, 5.74) is 2.49. The third-order valence-corrected chi connectivity index (χ3v) is 5.97. The first-order valence-corrected chi connectivity index (χ1v) is 10.8. The minimum atomic E-state index is -4.31. The summed E-state index contributed by atoms with van der Waals surface area (Å²) >= 11 is 6.17. The van der Waals surface area contributed by atoms with Crippen LogP contribution in [0, 0.1) is 5.92 Å². The van der Waals surface area contributed by atoms with Gasteiger partial charge in [0, 0.05) is 42.6 Å². The van der Waals surface area contributed by atoms with Crippen molar-refractivity contribution in [1.82, 2.24) is 9.47 Å². The quantitative estimate of drug-likeness (QED) is 0.352. The smallest absolute Gasteiger partial charge is 0.346 e. The molecular weight excluding hydrogens is 421 g/mol. The molecule has 3 rings (SSSR count). The molecule has 6 heteroatoms. The SMILES string of the molecule is CC(C)[C@@H](C)N(Cc1cccc(Cl)c1)Cc1cccn1Cc1ccc(C(F)(F)F)cc1. The zero-order valence-corrected chi connectivity index (χ0v) is 18.8. The molecule has 31 heavy (non-hydrogen) atoms. The van der Waals surface area contributed by atoms with Gasteiger partial charge >= 0.3 is 6.18 Å². The molecule has 0 amide bonds. The molecule has 0 radical (unpaired) electrons. The van der Waals surface area contributed by atoms with Gasteiger partial charge in [-0.15, -0.1) is 0 Å². The van der Waals surface area contributed by atoms with Gasteiger partial charge in [-0.05, 0) is 60.4 Å². The molecule has 1 heterocycles. The van der Waals surface area contributed by atoms with Crippen molar-refractivity contribution in [3.8, 4) is 0 Å². The molecule has 0 N–H and O–H groups in total. The lowest BCUT2D eigenvalue weighted by molar-refractivity contribution is -0.137. The maximum absolute atomic E-state index is 12.8. The van der Waals surface area contributed by atoms with Crippen molar-refractivity contribution in [1.29, 1.82) is 0 Å². The molecule has 2 aromatic carbocycles. The molecule has 0 spiro atoms. The second kappa shape index (κ2) is 9.92. The Morgan fingerprint density at radius 1 is 0.903 bits per heavy atom. The highest BCUT2D eigenvalue weighted by atomic mass is 35.5. The van der Waals surface area contributed by atoms with Crippen LogP contribution in [-0.4, -0.2) is 15.5 Å². The monoisotopic (exact) mass is 448 g/mol. The molecule has 3 aromatic rings. The van der Waals surface area contributed by atoms with Gasteiger partial charge in [0.25, 0.3) is 0 Å². The van der Waals surface area contributed by atoms with E-state index in [1.165, 1.54) is 0 Å².